The van der Waals surface area contributed by atoms with E-state index in [9.17, 15) is 14.3 Å². The van der Waals surface area contributed by atoms with Crippen molar-refractivity contribution in [3.8, 4) is 11.3 Å². The number of hydrogen-bond donors (Lipinski definition) is 1. The number of aromatic carboxylic acids is 1. The van der Waals surface area contributed by atoms with E-state index in [2.05, 4.69) is 17.2 Å². The first-order valence-corrected chi connectivity index (χ1v) is 7.56. The standard InChI is InChI=1S/C16H20FN3O2/c1-2-3-4-5-6-10-20-15(14(16(21)22)18-19-20)12-8-7-9-13(17)11-12/h7-9,11H,2-6,10H2,1H3,(H,21,22). The van der Waals surface area contributed by atoms with Gasteiger partial charge in [0.25, 0.3) is 0 Å². The first kappa shape index (κ1) is 16.1. The fraction of sp³-hybridized carbons (Fsp3) is 0.438. The van der Waals surface area contributed by atoms with Gasteiger partial charge in [0.15, 0.2) is 5.69 Å². The highest BCUT2D eigenvalue weighted by molar-refractivity contribution is 5.92. The van der Waals surface area contributed by atoms with E-state index in [4.69, 9.17) is 0 Å². The molecule has 0 unspecified atom stereocenters. The van der Waals surface area contributed by atoms with Gasteiger partial charge in [-0.05, 0) is 18.6 Å². The van der Waals surface area contributed by atoms with Crippen molar-refractivity contribution >= 4 is 5.97 Å². The van der Waals surface area contributed by atoms with Gasteiger partial charge in [-0.25, -0.2) is 13.9 Å². The third kappa shape index (κ3) is 3.90. The molecule has 2 rings (SSSR count). The summed E-state index contributed by atoms with van der Waals surface area (Å²) >= 11 is 0. The molecule has 0 spiro atoms. The quantitative estimate of drug-likeness (QED) is 0.754. The van der Waals surface area contributed by atoms with Crippen LogP contribution in [0.15, 0.2) is 24.3 Å². The Labute approximate surface area is 128 Å². The number of aryl methyl sites for hydroxylation is 1. The molecule has 0 aliphatic rings. The molecular weight excluding hydrogens is 285 g/mol. The molecule has 1 aromatic carbocycles. The molecule has 0 aliphatic heterocycles. The molecule has 1 N–H and O–H groups in total. The minimum Gasteiger partial charge on any atom is -0.476 e. The van der Waals surface area contributed by atoms with Gasteiger partial charge in [0.2, 0.25) is 0 Å². The number of carboxylic acids is 1. The third-order valence-electron chi connectivity index (χ3n) is 3.51. The molecule has 118 valence electrons. The zero-order chi connectivity index (χ0) is 15.9. The second-order valence-electron chi connectivity index (χ2n) is 5.24. The minimum atomic E-state index is -1.16. The number of halogens is 1. The van der Waals surface area contributed by atoms with Gasteiger partial charge in [0.05, 0.1) is 0 Å². The number of rotatable bonds is 8. The van der Waals surface area contributed by atoms with Crippen LogP contribution in [0.25, 0.3) is 11.3 Å². The zero-order valence-electron chi connectivity index (χ0n) is 12.6. The average Bonchev–Trinajstić information content (AvgIpc) is 2.91. The predicted molar refractivity (Wildman–Crippen MR) is 81.1 cm³/mol. The van der Waals surface area contributed by atoms with Gasteiger partial charge >= 0.3 is 5.97 Å². The summed E-state index contributed by atoms with van der Waals surface area (Å²) in [5.74, 6) is -1.57. The third-order valence-corrected chi connectivity index (χ3v) is 3.51. The molecule has 0 saturated heterocycles. The van der Waals surface area contributed by atoms with Crippen LogP contribution in [0.1, 0.15) is 49.5 Å². The van der Waals surface area contributed by atoms with E-state index < -0.39 is 11.8 Å². The minimum absolute atomic E-state index is 0.140. The first-order chi connectivity index (χ1) is 10.6. The highest BCUT2D eigenvalue weighted by Gasteiger charge is 2.20. The van der Waals surface area contributed by atoms with E-state index in [0.717, 1.165) is 19.3 Å². The molecule has 2 aromatic rings. The van der Waals surface area contributed by atoms with Crippen molar-refractivity contribution < 1.29 is 14.3 Å². The maximum Gasteiger partial charge on any atom is 0.358 e. The molecule has 22 heavy (non-hydrogen) atoms. The van der Waals surface area contributed by atoms with E-state index in [0.29, 0.717) is 17.8 Å². The molecule has 0 radical (unpaired) electrons. The SMILES string of the molecule is CCCCCCCn1nnc(C(=O)O)c1-c1cccc(F)c1. The van der Waals surface area contributed by atoms with Crippen LogP contribution in [-0.2, 0) is 6.54 Å². The fourth-order valence-corrected chi connectivity index (χ4v) is 2.40. The number of aromatic nitrogens is 3. The lowest BCUT2D eigenvalue weighted by Crippen LogP contribution is -2.05. The smallest absolute Gasteiger partial charge is 0.358 e. The number of nitrogens with zero attached hydrogens (tertiary/aromatic N) is 3. The van der Waals surface area contributed by atoms with Gasteiger partial charge in [-0.15, -0.1) is 5.10 Å². The molecule has 0 atom stereocenters. The zero-order valence-corrected chi connectivity index (χ0v) is 12.6. The van der Waals surface area contributed by atoms with E-state index in [-0.39, 0.29) is 5.69 Å². The van der Waals surface area contributed by atoms with Crippen LogP contribution in [0.4, 0.5) is 4.39 Å². The molecule has 0 saturated carbocycles. The van der Waals surface area contributed by atoms with Crippen LogP contribution in [0, 0.1) is 5.82 Å². The first-order valence-electron chi connectivity index (χ1n) is 7.56. The van der Waals surface area contributed by atoms with Crippen LogP contribution >= 0.6 is 0 Å². The highest BCUT2D eigenvalue weighted by atomic mass is 19.1. The number of carboxylic acid groups (broad SMARTS) is 1. The van der Waals surface area contributed by atoms with Crippen molar-refractivity contribution in [3.63, 3.8) is 0 Å². The van der Waals surface area contributed by atoms with Gasteiger partial charge in [-0.2, -0.15) is 0 Å². The maximum absolute atomic E-state index is 13.4. The predicted octanol–water partition coefficient (Wildman–Crippen LogP) is 3.75. The van der Waals surface area contributed by atoms with Crippen molar-refractivity contribution in [2.75, 3.05) is 0 Å². The van der Waals surface area contributed by atoms with Crippen LogP contribution in [0.3, 0.4) is 0 Å². The molecule has 0 aliphatic carbocycles. The normalized spacial score (nSPS) is 10.8. The Kier molecular flexibility index (Phi) is 5.63. The molecule has 1 aromatic heterocycles. The molecule has 0 fully saturated rings. The van der Waals surface area contributed by atoms with Gasteiger partial charge in [-0.3, -0.25) is 0 Å². The molecule has 0 amide bonds. The monoisotopic (exact) mass is 305 g/mol. The summed E-state index contributed by atoms with van der Waals surface area (Å²) in [6.45, 7) is 2.73. The summed E-state index contributed by atoms with van der Waals surface area (Å²) in [6, 6.07) is 5.85. The lowest BCUT2D eigenvalue weighted by Gasteiger charge is -2.07. The molecule has 1 heterocycles. The Balaban J connectivity index is 2.22. The van der Waals surface area contributed by atoms with Gasteiger partial charge < -0.3 is 5.11 Å². The van der Waals surface area contributed by atoms with Gasteiger partial charge in [-0.1, -0.05) is 50.0 Å². The van der Waals surface area contributed by atoms with Crippen molar-refractivity contribution in [1.82, 2.24) is 15.0 Å². The van der Waals surface area contributed by atoms with Gasteiger partial charge in [0.1, 0.15) is 11.5 Å². The number of benzene rings is 1. The molecule has 5 nitrogen and oxygen atoms in total. The Morgan fingerprint density at radius 3 is 2.73 bits per heavy atom. The van der Waals surface area contributed by atoms with Crippen LogP contribution in [-0.4, -0.2) is 26.1 Å². The van der Waals surface area contributed by atoms with E-state index in [1.807, 2.05) is 0 Å². The van der Waals surface area contributed by atoms with Crippen molar-refractivity contribution in [2.45, 2.75) is 45.6 Å². The van der Waals surface area contributed by atoms with Crippen molar-refractivity contribution in [3.05, 3.63) is 35.8 Å². The maximum atomic E-state index is 13.4. The average molecular weight is 305 g/mol. The second-order valence-corrected chi connectivity index (χ2v) is 5.24. The summed E-state index contributed by atoms with van der Waals surface area (Å²) in [5, 5.41) is 16.9. The summed E-state index contributed by atoms with van der Waals surface area (Å²) in [6.07, 6.45) is 5.45. The number of unbranched alkanes of at least 4 members (excludes halogenated alkanes) is 4. The lowest BCUT2D eigenvalue weighted by atomic mass is 10.1. The van der Waals surface area contributed by atoms with E-state index >= 15 is 0 Å². The largest absolute Gasteiger partial charge is 0.476 e. The topological polar surface area (TPSA) is 68.0 Å². The van der Waals surface area contributed by atoms with Crippen molar-refractivity contribution in [1.29, 1.82) is 0 Å². The highest BCUT2D eigenvalue weighted by Crippen LogP contribution is 2.23. The summed E-state index contributed by atoms with van der Waals surface area (Å²) in [7, 11) is 0. The summed E-state index contributed by atoms with van der Waals surface area (Å²) < 4.78 is 15.0. The van der Waals surface area contributed by atoms with Gasteiger partial charge in [0, 0.05) is 12.1 Å². The summed E-state index contributed by atoms with van der Waals surface area (Å²) in [4.78, 5) is 11.3. The Hall–Kier alpha value is -2.24. The van der Waals surface area contributed by atoms with Crippen LogP contribution < -0.4 is 0 Å². The Morgan fingerprint density at radius 2 is 2.05 bits per heavy atom. The molecule has 6 heteroatoms. The van der Waals surface area contributed by atoms with E-state index in [1.54, 1.807) is 16.8 Å². The molecule has 0 bridgehead atoms. The van der Waals surface area contributed by atoms with Crippen LogP contribution in [0.2, 0.25) is 0 Å². The second kappa shape index (κ2) is 7.68. The van der Waals surface area contributed by atoms with E-state index in [1.165, 1.54) is 25.0 Å². The molecular formula is C16H20FN3O2. The lowest BCUT2D eigenvalue weighted by molar-refractivity contribution is 0.0691. The number of carbonyl (C=O) groups is 1. The Bertz CT molecular complexity index is 640. The van der Waals surface area contributed by atoms with Crippen LogP contribution in [0.5, 0.6) is 0 Å². The van der Waals surface area contributed by atoms with Crippen molar-refractivity contribution in [2.24, 2.45) is 0 Å². The fourth-order valence-electron chi connectivity index (χ4n) is 2.40. The number of hydrogen-bond acceptors (Lipinski definition) is 3. The summed E-state index contributed by atoms with van der Waals surface area (Å²) in [5.41, 5.74) is 0.706. The Morgan fingerprint density at radius 1 is 1.27 bits per heavy atom.